The van der Waals surface area contributed by atoms with Crippen molar-refractivity contribution in [1.29, 1.82) is 0 Å². The number of carboxylic acids is 2. The fraction of sp³-hybridized carbons (Fsp3) is 0. The zero-order chi connectivity index (χ0) is 16.7. The number of nitrogens with zero attached hydrogens (tertiary/aromatic N) is 1. The first-order valence-corrected chi connectivity index (χ1v) is 5.93. The average Bonchev–Trinajstić information content (AvgIpc) is 2.47. The van der Waals surface area contributed by atoms with Crippen molar-refractivity contribution in [3.05, 3.63) is 69.8 Å². The quantitative estimate of drug-likeness (QED) is 0.611. The highest BCUT2D eigenvalue weighted by atomic mass is 16.6. The minimum atomic E-state index is -1.77. The standard InChI is InChI=1S/C8H5NO6.C6H7N/c10-7(11)5-2-1-4(9(14)15)3-6(5)8(12)13;7-6-4-2-1-3-5-6/h1-3H,(H,10,11)(H,12,13);1-5H,7H2. The van der Waals surface area contributed by atoms with Crippen LogP contribution in [-0.2, 0) is 0 Å². The molecule has 0 unspecified atom stereocenters. The maximum absolute atomic E-state index is 10.5. The van der Waals surface area contributed by atoms with Crippen molar-refractivity contribution in [2.75, 3.05) is 0 Å². The van der Waals surface area contributed by atoms with Gasteiger partial charge >= 0.3 is 5.97 Å². The van der Waals surface area contributed by atoms with E-state index in [2.05, 4.69) is 5.73 Å². The van der Waals surface area contributed by atoms with E-state index in [1.165, 1.54) is 0 Å². The van der Waals surface area contributed by atoms with Gasteiger partial charge in [-0.25, -0.2) is 4.79 Å². The molecule has 0 aliphatic rings. The molecule has 0 saturated heterocycles. The Morgan fingerprint density at radius 3 is 2.00 bits per heavy atom. The van der Waals surface area contributed by atoms with Crippen LogP contribution in [0.15, 0.2) is 48.5 Å². The Morgan fingerprint density at radius 1 is 1.05 bits per heavy atom. The Kier molecular flexibility index (Phi) is 5.73. The Bertz CT molecular complexity index is 700. The summed E-state index contributed by atoms with van der Waals surface area (Å²) >= 11 is 0. The largest absolute Gasteiger partial charge is 0.545 e. The molecule has 0 fully saturated rings. The molecular formula is C14H12N2O6. The van der Waals surface area contributed by atoms with Crippen molar-refractivity contribution < 1.29 is 30.5 Å². The van der Waals surface area contributed by atoms with Gasteiger partial charge in [-0.3, -0.25) is 10.1 Å². The lowest BCUT2D eigenvalue weighted by Crippen LogP contribution is -2.39. The smallest absolute Gasteiger partial charge is 0.336 e. The number of nitro groups is 1. The topological polar surface area (TPSA) is 148 Å². The maximum atomic E-state index is 10.5. The van der Waals surface area contributed by atoms with E-state index in [1.54, 1.807) is 0 Å². The van der Waals surface area contributed by atoms with Gasteiger partial charge in [-0.05, 0) is 18.2 Å². The number of nitro benzene ring substituents is 1. The molecule has 0 aromatic heterocycles. The normalized spacial score (nSPS) is 9.32. The summed E-state index contributed by atoms with van der Waals surface area (Å²) in [5, 5.41) is 29.4. The van der Waals surface area contributed by atoms with E-state index < -0.39 is 33.7 Å². The number of carbonyl (C=O) groups excluding carboxylic acids is 1. The summed E-state index contributed by atoms with van der Waals surface area (Å²) in [7, 11) is 0. The molecule has 114 valence electrons. The number of aromatic carboxylic acids is 2. The lowest BCUT2D eigenvalue weighted by atomic mass is 10.1. The SMILES string of the molecule is O=C([O-])c1cc([N+](=O)[O-])ccc1C(=O)O.[NH3+]c1ccccc1. The molecule has 8 heteroatoms. The van der Waals surface area contributed by atoms with Gasteiger partial charge in [0.25, 0.3) is 5.69 Å². The Balaban J connectivity index is 0.000000287. The van der Waals surface area contributed by atoms with Gasteiger partial charge < -0.3 is 20.7 Å². The Morgan fingerprint density at radius 2 is 1.64 bits per heavy atom. The number of rotatable bonds is 3. The Hall–Kier alpha value is -3.26. The van der Waals surface area contributed by atoms with Crippen molar-refractivity contribution in [2.45, 2.75) is 0 Å². The van der Waals surface area contributed by atoms with Crippen LogP contribution in [-0.4, -0.2) is 22.0 Å². The van der Waals surface area contributed by atoms with Gasteiger partial charge in [-0.2, -0.15) is 0 Å². The van der Waals surface area contributed by atoms with E-state index in [0.29, 0.717) is 6.07 Å². The molecule has 0 amide bonds. The molecule has 0 saturated carbocycles. The van der Waals surface area contributed by atoms with Crippen LogP contribution in [0, 0.1) is 10.1 Å². The number of hydrogen-bond donors (Lipinski definition) is 2. The van der Waals surface area contributed by atoms with Crippen LogP contribution in [0.3, 0.4) is 0 Å². The van der Waals surface area contributed by atoms with E-state index in [9.17, 15) is 24.8 Å². The van der Waals surface area contributed by atoms with Gasteiger partial charge in [0, 0.05) is 17.7 Å². The molecule has 0 heterocycles. The van der Waals surface area contributed by atoms with Crippen LogP contribution >= 0.6 is 0 Å². The van der Waals surface area contributed by atoms with Crippen LogP contribution < -0.4 is 10.8 Å². The summed E-state index contributed by atoms with van der Waals surface area (Å²) in [5.74, 6) is -3.25. The van der Waals surface area contributed by atoms with Crippen molar-refractivity contribution in [1.82, 2.24) is 0 Å². The fourth-order valence-electron chi connectivity index (χ4n) is 1.48. The summed E-state index contributed by atoms with van der Waals surface area (Å²) in [6.45, 7) is 0. The number of carboxylic acid groups (broad SMARTS) is 2. The molecule has 2 aromatic carbocycles. The van der Waals surface area contributed by atoms with E-state index in [0.717, 1.165) is 17.8 Å². The third kappa shape index (κ3) is 4.69. The number of carbonyl (C=O) groups is 2. The van der Waals surface area contributed by atoms with Crippen molar-refractivity contribution >= 4 is 23.3 Å². The first kappa shape index (κ1) is 16.8. The van der Waals surface area contributed by atoms with E-state index in [1.807, 2.05) is 30.3 Å². The van der Waals surface area contributed by atoms with Crippen molar-refractivity contribution in [3.8, 4) is 0 Å². The van der Waals surface area contributed by atoms with E-state index in [-0.39, 0.29) is 0 Å². The van der Waals surface area contributed by atoms with Crippen molar-refractivity contribution in [2.24, 2.45) is 0 Å². The monoisotopic (exact) mass is 304 g/mol. The predicted molar refractivity (Wildman–Crippen MR) is 73.4 cm³/mol. The maximum Gasteiger partial charge on any atom is 0.336 e. The third-order valence-electron chi connectivity index (χ3n) is 2.51. The third-order valence-corrected chi connectivity index (χ3v) is 2.51. The number of hydrogen-bond acceptors (Lipinski definition) is 5. The van der Waals surface area contributed by atoms with Gasteiger partial charge in [-0.15, -0.1) is 0 Å². The van der Waals surface area contributed by atoms with E-state index >= 15 is 0 Å². The molecule has 2 rings (SSSR count). The van der Waals surface area contributed by atoms with Crippen molar-refractivity contribution in [3.63, 3.8) is 0 Å². The molecule has 0 aliphatic heterocycles. The number of non-ortho nitro benzene ring substituents is 1. The summed E-state index contributed by atoms with van der Waals surface area (Å²) in [5.41, 5.74) is 3.04. The van der Waals surface area contributed by atoms with Gasteiger partial charge in [0.05, 0.1) is 16.5 Å². The summed E-state index contributed by atoms with van der Waals surface area (Å²) in [6, 6.07) is 12.3. The predicted octanol–water partition coefficient (Wildman–Crippen LogP) is 0.217. The molecular weight excluding hydrogens is 292 g/mol. The highest BCUT2D eigenvalue weighted by molar-refractivity contribution is 6.01. The first-order chi connectivity index (χ1) is 10.3. The zero-order valence-electron chi connectivity index (χ0n) is 11.3. The minimum absolute atomic E-state index is 0.501. The second kappa shape index (κ2) is 7.50. The summed E-state index contributed by atoms with van der Waals surface area (Å²) in [6.07, 6.45) is 0. The van der Waals surface area contributed by atoms with Gasteiger partial charge in [0.2, 0.25) is 0 Å². The molecule has 0 bridgehead atoms. The molecule has 0 aliphatic carbocycles. The molecule has 2 aromatic rings. The second-order valence-electron chi connectivity index (χ2n) is 4.07. The molecule has 0 spiro atoms. The van der Waals surface area contributed by atoms with E-state index in [4.69, 9.17) is 5.11 Å². The van der Waals surface area contributed by atoms with Crippen LogP contribution in [0.2, 0.25) is 0 Å². The average molecular weight is 304 g/mol. The molecule has 0 atom stereocenters. The Labute approximate surface area is 124 Å². The van der Waals surface area contributed by atoms with Gasteiger partial charge in [0.15, 0.2) is 0 Å². The zero-order valence-corrected chi connectivity index (χ0v) is 11.3. The summed E-state index contributed by atoms with van der Waals surface area (Å²) in [4.78, 5) is 30.5. The second-order valence-corrected chi connectivity index (χ2v) is 4.07. The van der Waals surface area contributed by atoms with Crippen LogP contribution in [0.5, 0.6) is 0 Å². The van der Waals surface area contributed by atoms with Crippen LogP contribution in [0.1, 0.15) is 20.7 Å². The lowest BCUT2D eigenvalue weighted by Gasteiger charge is -2.05. The molecule has 4 N–H and O–H groups in total. The number of quaternary nitrogens is 1. The fourth-order valence-corrected chi connectivity index (χ4v) is 1.48. The summed E-state index contributed by atoms with van der Waals surface area (Å²) < 4.78 is 0. The highest BCUT2D eigenvalue weighted by Crippen LogP contribution is 2.17. The lowest BCUT2D eigenvalue weighted by molar-refractivity contribution is -0.385. The molecule has 0 radical (unpaired) electrons. The van der Waals surface area contributed by atoms with Gasteiger partial charge in [-0.1, -0.05) is 18.2 Å². The van der Waals surface area contributed by atoms with Gasteiger partial charge in [0.1, 0.15) is 5.69 Å². The highest BCUT2D eigenvalue weighted by Gasteiger charge is 2.15. The molecule has 22 heavy (non-hydrogen) atoms. The first-order valence-electron chi connectivity index (χ1n) is 5.93. The molecule has 8 nitrogen and oxygen atoms in total. The van der Waals surface area contributed by atoms with Crippen LogP contribution in [0.4, 0.5) is 11.4 Å². The van der Waals surface area contributed by atoms with Crippen LogP contribution in [0.25, 0.3) is 0 Å². The minimum Gasteiger partial charge on any atom is -0.545 e. The number of benzene rings is 2.